The molecule has 0 unspecified atom stereocenters. The van der Waals surface area contributed by atoms with Crippen LogP contribution in [0.1, 0.15) is 36.1 Å². The van der Waals surface area contributed by atoms with Crippen molar-refractivity contribution in [3.05, 3.63) is 76.9 Å². The number of hydrogen-bond donors (Lipinski definition) is 2. The van der Waals surface area contributed by atoms with E-state index in [4.69, 9.17) is 0 Å². The van der Waals surface area contributed by atoms with E-state index in [1.54, 1.807) is 0 Å². The van der Waals surface area contributed by atoms with Gasteiger partial charge in [-0.25, -0.2) is 0 Å². The first kappa shape index (κ1) is 19.5. The third-order valence-corrected chi connectivity index (χ3v) is 7.34. The van der Waals surface area contributed by atoms with Crippen LogP contribution in [-0.2, 0) is 12.8 Å². The Morgan fingerprint density at radius 2 is 1.15 bits per heavy atom. The SMILES string of the molecule is CCc1cc(C)cc(P(c2ccccc2)c2cc(C)cc(CC)c2O)c1O. The molecule has 0 aliphatic carbocycles. The van der Waals surface area contributed by atoms with Crippen LogP contribution in [0.2, 0.25) is 0 Å². The summed E-state index contributed by atoms with van der Waals surface area (Å²) in [5, 5.41) is 25.0. The number of rotatable bonds is 5. The van der Waals surface area contributed by atoms with Crippen molar-refractivity contribution in [3.8, 4) is 11.5 Å². The molecule has 3 aromatic rings. The van der Waals surface area contributed by atoms with Crippen LogP contribution in [0.4, 0.5) is 0 Å². The third kappa shape index (κ3) is 3.87. The second kappa shape index (κ2) is 8.15. The van der Waals surface area contributed by atoms with Crippen molar-refractivity contribution in [3.63, 3.8) is 0 Å². The first-order chi connectivity index (χ1) is 13.0. The summed E-state index contributed by atoms with van der Waals surface area (Å²) >= 11 is 0. The Labute approximate surface area is 163 Å². The van der Waals surface area contributed by atoms with Gasteiger partial charge in [0.25, 0.3) is 0 Å². The van der Waals surface area contributed by atoms with Crippen LogP contribution in [-0.4, -0.2) is 10.2 Å². The lowest BCUT2D eigenvalue weighted by Gasteiger charge is -2.24. The van der Waals surface area contributed by atoms with Crippen molar-refractivity contribution in [1.82, 2.24) is 0 Å². The molecule has 0 radical (unpaired) electrons. The van der Waals surface area contributed by atoms with Gasteiger partial charge >= 0.3 is 0 Å². The molecule has 0 amide bonds. The predicted molar refractivity (Wildman–Crippen MR) is 117 cm³/mol. The Morgan fingerprint density at radius 3 is 1.56 bits per heavy atom. The van der Waals surface area contributed by atoms with Crippen LogP contribution >= 0.6 is 7.92 Å². The van der Waals surface area contributed by atoms with E-state index < -0.39 is 7.92 Å². The topological polar surface area (TPSA) is 40.5 Å². The van der Waals surface area contributed by atoms with Crippen molar-refractivity contribution in [2.75, 3.05) is 0 Å². The van der Waals surface area contributed by atoms with E-state index in [-0.39, 0.29) is 0 Å². The van der Waals surface area contributed by atoms with Crippen molar-refractivity contribution < 1.29 is 10.2 Å². The number of aromatic hydroxyl groups is 2. The maximum atomic E-state index is 11.0. The zero-order valence-corrected chi connectivity index (χ0v) is 17.3. The minimum absolute atomic E-state index is 0.358. The summed E-state index contributed by atoms with van der Waals surface area (Å²) < 4.78 is 0. The van der Waals surface area contributed by atoms with Crippen LogP contribution < -0.4 is 15.9 Å². The standard InChI is InChI=1S/C24H27O2P/c1-5-18-12-16(3)14-21(23(18)25)27(20-10-8-7-9-11-20)22-15-17(4)13-19(6-2)24(22)26/h7-15,25-26H,5-6H2,1-4H3. The third-order valence-electron chi connectivity index (χ3n) is 4.88. The Morgan fingerprint density at radius 1 is 0.704 bits per heavy atom. The summed E-state index contributed by atoms with van der Waals surface area (Å²) in [5.74, 6) is 0.717. The van der Waals surface area contributed by atoms with E-state index in [9.17, 15) is 10.2 Å². The van der Waals surface area contributed by atoms with Gasteiger partial charge in [-0.05, 0) is 74.3 Å². The zero-order chi connectivity index (χ0) is 19.6. The molecule has 0 saturated carbocycles. The van der Waals surface area contributed by atoms with Crippen molar-refractivity contribution in [2.45, 2.75) is 40.5 Å². The van der Waals surface area contributed by atoms with Gasteiger partial charge < -0.3 is 10.2 Å². The van der Waals surface area contributed by atoms with E-state index in [1.807, 2.05) is 30.3 Å². The molecule has 0 heterocycles. The zero-order valence-electron chi connectivity index (χ0n) is 16.5. The van der Waals surface area contributed by atoms with E-state index >= 15 is 0 Å². The van der Waals surface area contributed by atoms with Crippen molar-refractivity contribution in [1.29, 1.82) is 0 Å². The molecule has 0 aliphatic rings. The smallest absolute Gasteiger partial charge is 0.127 e. The molecule has 0 aromatic heterocycles. The molecule has 0 fully saturated rings. The largest absolute Gasteiger partial charge is 0.507 e. The molecule has 140 valence electrons. The minimum atomic E-state index is -1.06. The molecule has 0 aliphatic heterocycles. The molecule has 2 N–H and O–H groups in total. The van der Waals surface area contributed by atoms with E-state index in [0.29, 0.717) is 11.5 Å². The highest BCUT2D eigenvalue weighted by molar-refractivity contribution is 7.80. The molecular formula is C24H27O2P. The Kier molecular flexibility index (Phi) is 5.87. The molecular weight excluding hydrogens is 351 g/mol. The van der Waals surface area contributed by atoms with Crippen LogP contribution in [0.15, 0.2) is 54.6 Å². The van der Waals surface area contributed by atoms with Crippen LogP contribution in [0.3, 0.4) is 0 Å². The molecule has 3 rings (SSSR count). The second-order valence-corrected chi connectivity index (χ2v) is 9.11. The van der Waals surface area contributed by atoms with E-state index in [0.717, 1.165) is 51.0 Å². The van der Waals surface area contributed by atoms with E-state index in [2.05, 4.69) is 52.0 Å². The average Bonchev–Trinajstić information content (AvgIpc) is 2.67. The summed E-state index contributed by atoms with van der Waals surface area (Å²) in [5.41, 5.74) is 4.17. The van der Waals surface area contributed by atoms with Gasteiger partial charge in [-0.15, -0.1) is 0 Å². The van der Waals surface area contributed by atoms with Gasteiger partial charge in [0, 0.05) is 10.6 Å². The summed E-state index contributed by atoms with van der Waals surface area (Å²) in [6, 6.07) is 18.5. The maximum Gasteiger partial charge on any atom is 0.127 e. The van der Waals surface area contributed by atoms with Gasteiger partial charge in [0.1, 0.15) is 11.5 Å². The van der Waals surface area contributed by atoms with Gasteiger partial charge in [-0.3, -0.25) is 0 Å². The van der Waals surface area contributed by atoms with Crippen LogP contribution in [0.25, 0.3) is 0 Å². The summed E-state index contributed by atoms with van der Waals surface area (Å²) in [4.78, 5) is 0. The van der Waals surface area contributed by atoms with Crippen molar-refractivity contribution >= 4 is 23.8 Å². The number of phenolic OH excluding ortho intramolecular Hbond substituents is 2. The van der Waals surface area contributed by atoms with Crippen LogP contribution in [0.5, 0.6) is 11.5 Å². The molecule has 0 saturated heterocycles. The van der Waals surface area contributed by atoms with Crippen molar-refractivity contribution in [2.24, 2.45) is 0 Å². The highest BCUT2D eigenvalue weighted by atomic mass is 31.1. The molecule has 0 atom stereocenters. The fourth-order valence-corrected chi connectivity index (χ4v) is 6.19. The Bertz CT molecular complexity index is 889. The average molecular weight is 378 g/mol. The molecule has 2 nitrogen and oxygen atoms in total. The first-order valence-electron chi connectivity index (χ1n) is 9.46. The minimum Gasteiger partial charge on any atom is -0.507 e. The molecule has 27 heavy (non-hydrogen) atoms. The lowest BCUT2D eigenvalue weighted by atomic mass is 10.1. The Balaban J connectivity index is 2.34. The lowest BCUT2D eigenvalue weighted by molar-refractivity contribution is 0.472. The fourth-order valence-electron chi connectivity index (χ4n) is 3.53. The molecule has 3 aromatic carbocycles. The molecule has 3 heteroatoms. The number of aryl methyl sites for hydroxylation is 4. The van der Waals surface area contributed by atoms with Gasteiger partial charge in [-0.1, -0.05) is 56.3 Å². The Hall–Kier alpha value is -2.31. The van der Waals surface area contributed by atoms with Gasteiger partial charge in [0.2, 0.25) is 0 Å². The number of hydrogen-bond acceptors (Lipinski definition) is 2. The van der Waals surface area contributed by atoms with Crippen LogP contribution in [0, 0.1) is 13.8 Å². The number of phenols is 2. The summed E-state index contributed by atoms with van der Waals surface area (Å²) in [7, 11) is -1.06. The second-order valence-electron chi connectivity index (χ2n) is 6.96. The van der Waals surface area contributed by atoms with Gasteiger partial charge in [-0.2, -0.15) is 0 Å². The predicted octanol–water partition coefficient (Wildman–Crippen LogP) is 4.60. The number of benzene rings is 3. The summed E-state index contributed by atoms with van der Waals surface area (Å²) in [6.45, 7) is 8.24. The van der Waals surface area contributed by atoms with E-state index in [1.165, 1.54) is 0 Å². The summed E-state index contributed by atoms with van der Waals surface area (Å²) in [6.07, 6.45) is 1.55. The quantitative estimate of drug-likeness (QED) is 0.637. The molecule has 0 spiro atoms. The first-order valence-corrected chi connectivity index (χ1v) is 10.8. The lowest BCUT2D eigenvalue weighted by Crippen LogP contribution is -2.23. The highest BCUT2D eigenvalue weighted by Crippen LogP contribution is 2.41. The maximum absolute atomic E-state index is 11.0. The normalized spacial score (nSPS) is 11.1. The monoisotopic (exact) mass is 378 g/mol. The van der Waals surface area contributed by atoms with Gasteiger partial charge in [0.05, 0.1) is 0 Å². The fraction of sp³-hybridized carbons (Fsp3) is 0.250. The van der Waals surface area contributed by atoms with Gasteiger partial charge in [0.15, 0.2) is 0 Å². The molecule has 0 bridgehead atoms. The highest BCUT2D eigenvalue weighted by Gasteiger charge is 2.25.